The summed E-state index contributed by atoms with van der Waals surface area (Å²) in [5.74, 6) is 0.716. The third-order valence-corrected chi connectivity index (χ3v) is 4.79. The maximum atomic E-state index is 12.9. The number of carbonyl (C=O) groups is 1. The lowest BCUT2D eigenvalue weighted by Crippen LogP contribution is -2.42. The highest BCUT2D eigenvalue weighted by atomic mass is 32.2. The fourth-order valence-corrected chi connectivity index (χ4v) is 3.31. The number of piperidine rings is 1. The lowest BCUT2D eigenvalue weighted by Gasteiger charge is -2.31. The summed E-state index contributed by atoms with van der Waals surface area (Å²) in [6, 6.07) is 6.19. The van der Waals surface area contributed by atoms with Gasteiger partial charge in [0.25, 0.3) is 0 Å². The summed E-state index contributed by atoms with van der Waals surface area (Å²) in [5, 5.41) is 0. The number of benzene rings is 1. The van der Waals surface area contributed by atoms with Gasteiger partial charge in [-0.3, -0.25) is 9.78 Å². The second-order valence-corrected chi connectivity index (χ2v) is 6.53. The first-order valence-corrected chi connectivity index (χ1v) is 8.78. The highest BCUT2D eigenvalue weighted by molar-refractivity contribution is 8.00. The molecule has 1 fully saturated rings. The molecule has 2 aromatic rings. The van der Waals surface area contributed by atoms with E-state index >= 15 is 0 Å². The van der Waals surface area contributed by atoms with Crippen LogP contribution in [0.1, 0.15) is 12.8 Å². The second kappa shape index (κ2) is 8.10. The van der Waals surface area contributed by atoms with Crippen LogP contribution in [0.3, 0.4) is 0 Å². The van der Waals surface area contributed by atoms with Crippen LogP contribution in [0, 0.1) is 5.82 Å². The minimum Gasteiger partial charge on any atom is -0.473 e. The van der Waals surface area contributed by atoms with Crippen molar-refractivity contribution in [1.82, 2.24) is 14.9 Å². The van der Waals surface area contributed by atoms with Gasteiger partial charge in [-0.15, -0.1) is 11.8 Å². The van der Waals surface area contributed by atoms with Crippen molar-refractivity contribution in [2.75, 3.05) is 18.8 Å². The fraction of sp³-hybridized carbons (Fsp3) is 0.353. The Morgan fingerprint density at radius 3 is 2.67 bits per heavy atom. The van der Waals surface area contributed by atoms with E-state index in [0.29, 0.717) is 24.7 Å². The number of rotatable bonds is 5. The smallest absolute Gasteiger partial charge is 0.232 e. The molecule has 1 aromatic carbocycles. The summed E-state index contributed by atoms with van der Waals surface area (Å²) in [6.07, 6.45) is 6.42. The Morgan fingerprint density at radius 2 is 2.00 bits per heavy atom. The molecule has 0 aliphatic carbocycles. The van der Waals surface area contributed by atoms with Crippen LogP contribution >= 0.6 is 11.8 Å². The quantitative estimate of drug-likeness (QED) is 0.779. The number of halogens is 1. The number of thioether (sulfide) groups is 1. The molecule has 1 amide bonds. The monoisotopic (exact) mass is 347 g/mol. The third-order valence-electron chi connectivity index (χ3n) is 3.80. The van der Waals surface area contributed by atoms with Crippen molar-refractivity contribution >= 4 is 17.7 Å². The van der Waals surface area contributed by atoms with Crippen LogP contribution in [-0.4, -0.2) is 45.7 Å². The van der Waals surface area contributed by atoms with Crippen molar-refractivity contribution in [3.63, 3.8) is 0 Å². The van der Waals surface area contributed by atoms with Crippen molar-refractivity contribution in [2.45, 2.75) is 23.8 Å². The Labute approximate surface area is 144 Å². The SMILES string of the molecule is O=C(CSc1ccc(F)cc1)N1CCC(Oc2cnccn2)CC1. The average molecular weight is 347 g/mol. The van der Waals surface area contributed by atoms with Crippen LogP contribution < -0.4 is 4.74 Å². The molecule has 7 heteroatoms. The van der Waals surface area contributed by atoms with E-state index in [2.05, 4.69) is 9.97 Å². The first-order valence-electron chi connectivity index (χ1n) is 7.79. The molecule has 0 bridgehead atoms. The molecule has 0 N–H and O–H groups in total. The lowest BCUT2D eigenvalue weighted by atomic mass is 10.1. The van der Waals surface area contributed by atoms with E-state index < -0.39 is 0 Å². The molecule has 0 spiro atoms. The van der Waals surface area contributed by atoms with Gasteiger partial charge in [-0.1, -0.05) is 0 Å². The molecule has 0 unspecified atom stereocenters. The van der Waals surface area contributed by atoms with E-state index in [-0.39, 0.29) is 17.8 Å². The first-order chi connectivity index (χ1) is 11.7. The van der Waals surface area contributed by atoms with E-state index in [9.17, 15) is 9.18 Å². The molecule has 1 aliphatic heterocycles. The number of hydrogen-bond acceptors (Lipinski definition) is 5. The molecular weight excluding hydrogens is 329 g/mol. The van der Waals surface area contributed by atoms with Crippen LogP contribution in [0.15, 0.2) is 47.8 Å². The van der Waals surface area contributed by atoms with Gasteiger partial charge in [0.05, 0.1) is 11.9 Å². The number of ether oxygens (including phenoxy) is 1. The molecule has 0 atom stereocenters. The molecule has 24 heavy (non-hydrogen) atoms. The summed E-state index contributed by atoms with van der Waals surface area (Å²) in [7, 11) is 0. The van der Waals surface area contributed by atoms with Crippen LogP contribution in [0.5, 0.6) is 5.88 Å². The van der Waals surface area contributed by atoms with Gasteiger partial charge < -0.3 is 9.64 Å². The number of hydrogen-bond donors (Lipinski definition) is 0. The lowest BCUT2D eigenvalue weighted by molar-refractivity contribution is -0.130. The maximum Gasteiger partial charge on any atom is 0.232 e. The molecule has 5 nitrogen and oxygen atoms in total. The van der Waals surface area contributed by atoms with Crippen molar-refractivity contribution in [3.8, 4) is 5.88 Å². The molecule has 1 aliphatic rings. The zero-order valence-electron chi connectivity index (χ0n) is 13.1. The highest BCUT2D eigenvalue weighted by Gasteiger charge is 2.24. The molecule has 3 rings (SSSR count). The fourth-order valence-electron chi connectivity index (χ4n) is 2.51. The van der Waals surface area contributed by atoms with Gasteiger partial charge >= 0.3 is 0 Å². The topological polar surface area (TPSA) is 55.3 Å². The summed E-state index contributed by atoms with van der Waals surface area (Å²) < 4.78 is 18.6. The number of amides is 1. The van der Waals surface area contributed by atoms with E-state index in [1.54, 1.807) is 30.7 Å². The van der Waals surface area contributed by atoms with Crippen LogP contribution in [0.2, 0.25) is 0 Å². The van der Waals surface area contributed by atoms with Gasteiger partial charge in [0, 0.05) is 43.2 Å². The van der Waals surface area contributed by atoms with Crippen molar-refractivity contribution in [3.05, 3.63) is 48.7 Å². The number of nitrogens with zero attached hydrogens (tertiary/aromatic N) is 3. The molecule has 2 heterocycles. The van der Waals surface area contributed by atoms with Crippen LogP contribution in [0.4, 0.5) is 4.39 Å². The Balaban J connectivity index is 1.42. The highest BCUT2D eigenvalue weighted by Crippen LogP contribution is 2.21. The van der Waals surface area contributed by atoms with E-state index in [4.69, 9.17) is 4.74 Å². The maximum absolute atomic E-state index is 12.9. The van der Waals surface area contributed by atoms with Gasteiger partial charge in [-0.25, -0.2) is 9.37 Å². The third kappa shape index (κ3) is 4.67. The normalized spacial score (nSPS) is 15.3. The van der Waals surface area contributed by atoms with Gasteiger partial charge in [-0.2, -0.15) is 0 Å². The van der Waals surface area contributed by atoms with Crippen LogP contribution in [0.25, 0.3) is 0 Å². The zero-order valence-corrected chi connectivity index (χ0v) is 13.9. The zero-order chi connectivity index (χ0) is 16.8. The van der Waals surface area contributed by atoms with Gasteiger partial charge in [0.1, 0.15) is 11.9 Å². The first kappa shape index (κ1) is 16.7. The average Bonchev–Trinajstić information content (AvgIpc) is 2.62. The number of aromatic nitrogens is 2. The Hall–Kier alpha value is -2.15. The summed E-state index contributed by atoms with van der Waals surface area (Å²) in [4.78, 5) is 23.1. The van der Waals surface area contributed by atoms with E-state index in [1.165, 1.54) is 23.9 Å². The Bertz CT molecular complexity index is 661. The molecule has 0 saturated carbocycles. The summed E-state index contributed by atoms with van der Waals surface area (Å²) in [6.45, 7) is 1.35. The summed E-state index contributed by atoms with van der Waals surface area (Å²) >= 11 is 1.43. The largest absolute Gasteiger partial charge is 0.473 e. The predicted molar refractivity (Wildman–Crippen MR) is 89.4 cm³/mol. The summed E-state index contributed by atoms with van der Waals surface area (Å²) in [5.41, 5.74) is 0. The standard InChI is InChI=1S/C17H18FN3O2S/c18-13-1-3-15(4-2-13)24-12-17(22)21-9-5-14(6-10-21)23-16-11-19-7-8-20-16/h1-4,7-8,11,14H,5-6,9-10,12H2. The number of likely N-dealkylation sites (tertiary alicyclic amines) is 1. The Kier molecular flexibility index (Phi) is 5.63. The predicted octanol–water partition coefficient (Wildman–Crippen LogP) is 2.78. The van der Waals surface area contributed by atoms with Crippen LogP contribution in [-0.2, 0) is 4.79 Å². The second-order valence-electron chi connectivity index (χ2n) is 5.48. The van der Waals surface area contributed by atoms with Crippen molar-refractivity contribution in [1.29, 1.82) is 0 Å². The minimum absolute atomic E-state index is 0.0653. The van der Waals surface area contributed by atoms with E-state index in [0.717, 1.165) is 17.7 Å². The van der Waals surface area contributed by atoms with Gasteiger partial charge in [0.15, 0.2) is 0 Å². The van der Waals surface area contributed by atoms with Gasteiger partial charge in [0.2, 0.25) is 11.8 Å². The molecule has 1 saturated heterocycles. The number of carbonyl (C=O) groups excluding carboxylic acids is 1. The minimum atomic E-state index is -0.268. The molecule has 0 radical (unpaired) electrons. The van der Waals surface area contributed by atoms with Crippen molar-refractivity contribution in [2.24, 2.45) is 0 Å². The van der Waals surface area contributed by atoms with Gasteiger partial charge in [-0.05, 0) is 24.3 Å². The molecule has 1 aromatic heterocycles. The molecular formula is C17H18FN3O2S. The van der Waals surface area contributed by atoms with E-state index in [1.807, 2.05) is 4.90 Å². The van der Waals surface area contributed by atoms with Crippen molar-refractivity contribution < 1.29 is 13.9 Å². The Morgan fingerprint density at radius 1 is 1.25 bits per heavy atom. The molecule has 126 valence electrons.